The van der Waals surface area contributed by atoms with Gasteiger partial charge in [-0.15, -0.1) is 0 Å². The highest BCUT2D eigenvalue weighted by molar-refractivity contribution is 5.29. The Morgan fingerprint density at radius 3 is 2.38 bits per heavy atom. The van der Waals surface area contributed by atoms with Crippen LogP contribution in [-0.4, -0.2) is 0 Å². The molecule has 0 aromatic heterocycles. The molecule has 1 fully saturated rings. The Labute approximate surface area is 99.0 Å². The van der Waals surface area contributed by atoms with Crippen molar-refractivity contribution in [2.24, 2.45) is 17.6 Å². The molecule has 0 heterocycles. The fourth-order valence-electron chi connectivity index (χ4n) is 2.96. The lowest BCUT2D eigenvalue weighted by Gasteiger charge is -2.42. The van der Waals surface area contributed by atoms with Gasteiger partial charge in [-0.2, -0.15) is 0 Å². The normalized spacial score (nSPS) is 35.0. The molecular formula is C15H23N. The Morgan fingerprint density at radius 1 is 1.19 bits per heavy atom. The molecule has 1 aliphatic carbocycles. The van der Waals surface area contributed by atoms with Gasteiger partial charge < -0.3 is 5.73 Å². The van der Waals surface area contributed by atoms with Crippen molar-refractivity contribution in [3.63, 3.8) is 0 Å². The zero-order valence-electron chi connectivity index (χ0n) is 10.7. The van der Waals surface area contributed by atoms with Gasteiger partial charge in [-0.1, -0.05) is 43.7 Å². The van der Waals surface area contributed by atoms with Crippen molar-refractivity contribution < 1.29 is 0 Å². The second-order valence-corrected chi connectivity index (χ2v) is 5.69. The van der Waals surface area contributed by atoms with E-state index in [4.69, 9.17) is 5.73 Å². The molecule has 0 amide bonds. The van der Waals surface area contributed by atoms with Crippen molar-refractivity contribution >= 4 is 0 Å². The van der Waals surface area contributed by atoms with Crippen LogP contribution in [0.5, 0.6) is 0 Å². The summed E-state index contributed by atoms with van der Waals surface area (Å²) in [5, 5.41) is 0. The number of hydrogen-bond donors (Lipinski definition) is 1. The summed E-state index contributed by atoms with van der Waals surface area (Å²) in [7, 11) is 0. The van der Waals surface area contributed by atoms with E-state index in [-0.39, 0.29) is 5.54 Å². The second kappa shape index (κ2) is 4.21. The van der Waals surface area contributed by atoms with Gasteiger partial charge in [0.2, 0.25) is 0 Å². The summed E-state index contributed by atoms with van der Waals surface area (Å²) < 4.78 is 0. The molecule has 3 unspecified atom stereocenters. The lowest BCUT2D eigenvalue weighted by molar-refractivity contribution is 0.164. The van der Waals surface area contributed by atoms with Gasteiger partial charge in [-0.3, -0.25) is 0 Å². The fourth-order valence-corrected chi connectivity index (χ4v) is 2.96. The third kappa shape index (κ3) is 2.01. The SMILES string of the molecule is Cc1ccc(C2(N)CCC(C)CC2C)cc1. The summed E-state index contributed by atoms with van der Waals surface area (Å²) in [5.74, 6) is 1.41. The van der Waals surface area contributed by atoms with Crippen molar-refractivity contribution in [1.29, 1.82) is 0 Å². The van der Waals surface area contributed by atoms with Gasteiger partial charge in [0.25, 0.3) is 0 Å². The van der Waals surface area contributed by atoms with Gasteiger partial charge >= 0.3 is 0 Å². The van der Waals surface area contributed by atoms with E-state index in [1.165, 1.54) is 24.0 Å². The number of benzene rings is 1. The topological polar surface area (TPSA) is 26.0 Å². The van der Waals surface area contributed by atoms with Crippen LogP contribution in [0, 0.1) is 18.8 Å². The quantitative estimate of drug-likeness (QED) is 0.764. The van der Waals surface area contributed by atoms with Gasteiger partial charge in [0.15, 0.2) is 0 Å². The number of aryl methyl sites for hydroxylation is 1. The molecule has 1 aromatic rings. The fraction of sp³-hybridized carbons (Fsp3) is 0.600. The van der Waals surface area contributed by atoms with E-state index in [9.17, 15) is 0 Å². The van der Waals surface area contributed by atoms with Crippen molar-refractivity contribution in [1.82, 2.24) is 0 Å². The van der Waals surface area contributed by atoms with Gasteiger partial charge in [0.1, 0.15) is 0 Å². The number of nitrogens with two attached hydrogens (primary N) is 1. The molecule has 1 heteroatoms. The van der Waals surface area contributed by atoms with Crippen LogP contribution in [0.2, 0.25) is 0 Å². The molecule has 16 heavy (non-hydrogen) atoms. The first-order chi connectivity index (χ1) is 7.52. The van der Waals surface area contributed by atoms with Gasteiger partial charge in [0, 0.05) is 5.54 Å². The Hall–Kier alpha value is -0.820. The molecule has 3 atom stereocenters. The van der Waals surface area contributed by atoms with Crippen molar-refractivity contribution in [2.45, 2.75) is 45.6 Å². The third-order valence-corrected chi connectivity index (χ3v) is 4.28. The lowest BCUT2D eigenvalue weighted by Crippen LogP contribution is -2.46. The van der Waals surface area contributed by atoms with E-state index in [0.717, 1.165) is 12.3 Å². The third-order valence-electron chi connectivity index (χ3n) is 4.28. The number of hydrogen-bond acceptors (Lipinski definition) is 1. The van der Waals surface area contributed by atoms with Gasteiger partial charge in [0.05, 0.1) is 0 Å². The Morgan fingerprint density at radius 2 is 1.81 bits per heavy atom. The molecule has 0 aliphatic heterocycles. The average Bonchev–Trinajstić information content (AvgIpc) is 2.25. The predicted octanol–water partition coefficient (Wildman–Crippen LogP) is 3.61. The summed E-state index contributed by atoms with van der Waals surface area (Å²) in [6, 6.07) is 8.77. The first-order valence-corrected chi connectivity index (χ1v) is 6.38. The van der Waals surface area contributed by atoms with Crippen LogP contribution in [0.1, 0.15) is 44.2 Å². The monoisotopic (exact) mass is 217 g/mol. The maximum absolute atomic E-state index is 6.64. The summed E-state index contributed by atoms with van der Waals surface area (Å²) in [6.07, 6.45) is 3.64. The summed E-state index contributed by atoms with van der Waals surface area (Å²) in [5.41, 5.74) is 9.17. The minimum atomic E-state index is -0.0970. The average molecular weight is 217 g/mol. The lowest BCUT2D eigenvalue weighted by atomic mass is 9.67. The Kier molecular flexibility index (Phi) is 3.07. The van der Waals surface area contributed by atoms with E-state index < -0.39 is 0 Å². The van der Waals surface area contributed by atoms with Crippen LogP contribution in [0.15, 0.2) is 24.3 Å². The van der Waals surface area contributed by atoms with Crippen LogP contribution < -0.4 is 5.73 Å². The summed E-state index contributed by atoms with van der Waals surface area (Å²) in [6.45, 7) is 6.76. The van der Waals surface area contributed by atoms with Crippen LogP contribution >= 0.6 is 0 Å². The number of rotatable bonds is 1. The minimum Gasteiger partial charge on any atom is -0.321 e. The molecule has 1 aliphatic rings. The van der Waals surface area contributed by atoms with Crippen LogP contribution in [0.4, 0.5) is 0 Å². The zero-order chi connectivity index (χ0) is 11.8. The van der Waals surface area contributed by atoms with E-state index in [0.29, 0.717) is 5.92 Å². The van der Waals surface area contributed by atoms with E-state index in [1.807, 2.05) is 0 Å². The minimum absolute atomic E-state index is 0.0970. The van der Waals surface area contributed by atoms with Crippen LogP contribution in [0.25, 0.3) is 0 Å². The molecular weight excluding hydrogens is 194 g/mol. The van der Waals surface area contributed by atoms with E-state index in [2.05, 4.69) is 45.0 Å². The first-order valence-electron chi connectivity index (χ1n) is 6.38. The van der Waals surface area contributed by atoms with E-state index >= 15 is 0 Å². The maximum Gasteiger partial charge on any atom is 0.0435 e. The standard InChI is InChI=1S/C15H23N/c1-11-4-6-14(7-5-11)15(16)9-8-12(2)10-13(15)3/h4-7,12-13H,8-10,16H2,1-3H3. The Bertz CT molecular complexity index is 354. The smallest absolute Gasteiger partial charge is 0.0435 e. The van der Waals surface area contributed by atoms with E-state index in [1.54, 1.807) is 0 Å². The second-order valence-electron chi connectivity index (χ2n) is 5.69. The van der Waals surface area contributed by atoms with Crippen molar-refractivity contribution in [2.75, 3.05) is 0 Å². The molecule has 1 aromatic carbocycles. The highest BCUT2D eigenvalue weighted by Crippen LogP contribution is 2.41. The summed E-state index contributed by atoms with van der Waals surface area (Å²) in [4.78, 5) is 0. The maximum atomic E-state index is 6.64. The predicted molar refractivity (Wildman–Crippen MR) is 69.2 cm³/mol. The molecule has 1 nitrogen and oxygen atoms in total. The highest BCUT2D eigenvalue weighted by Gasteiger charge is 2.37. The van der Waals surface area contributed by atoms with Crippen LogP contribution in [-0.2, 0) is 5.54 Å². The van der Waals surface area contributed by atoms with Crippen molar-refractivity contribution in [3.8, 4) is 0 Å². The molecule has 2 rings (SSSR count). The highest BCUT2D eigenvalue weighted by atomic mass is 14.8. The zero-order valence-corrected chi connectivity index (χ0v) is 10.7. The molecule has 0 spiro atoms. The largest absolute Gasteiger partial charge is 0.321 e. The molecule has 0 radical (unpaired) electrons. The molecule has 2 N–H and O–H groups in total. The Balaban J connectivity index is 2.27. The molecule has 0 saturated heterocycles. The van der Waals surface area contributed by atoms with Gasteiger partial charge in [-0.05, 0) is 43.6 Å². The molecule has 88 valence electrons. The molecule has 0 bridgehead atoms. The van der Waals surface area contributed by atoms with Crippen LogP contribution in [0.3, 0.4) is 0 Å². The summed E-state index contributed by atoms with van der Waals surface area (Å²) >= 11 is 0. The molecule has 1 saturated carbocycles. The van der Waals surface area contributed by atoms with Gasteiger partial charge in [-0.25, -0.2) is 0 Å². The van der Waals surface area contributed by atoms with Crippen molar-refractivity contribution in [3.05, 3.63) is 35.4 Å². The first kappa shape index (κ1) is 11.7.